The number of anilines is 2. The number of carbonyl (C=O) groups is 2. The highest BCUT2D eigenvalue weighted by atomic mass is 35.5. The number of aromatic nitrogens is 2. The molecule has 0 saturated heterocycles. The number of halogens is 11. The minimum Gasteiger partial charge on any atom is -0.476 e. The molecule has 26 heteroatoms. The Balaban J connectivity index is 0.000000387. The van der Waals surface area contributed by atoms with Crippen molar-refractivity contribution < 1.29 is 67.3 Å². The van der Waals surface area contributed by atoms with E-state index >= 15 is 0 Å². The fraction of sp³-hybridized carbons (Fsp3) is 0.226. The van der Waals surface area contributed by atoms with E-state index in [0.717, 1.165) is 63.0 Å². The van der Waals surface area contributed by atoms with Crippen LogP contribution in [0.2, 0.25) is 20.1 Å². The smallest absolute Gasteiger partial charge is 0.417 e. The van der Waals surface area contributed by atoms with Crippen LogP contribution in [0.15, 0.2) is 70.7 Å². The van der Waals surface area contributed by atoms with Gasteiger partial charge in [-0.3, -0.25) is 4.79 Å². The third-order valence-corrected chi connectivity index (χ3v) is 11.5. The van der Waals surface area contributed by atoms with Crippen molar-refractivity contribution >= 4 is 101 Å². The molecule has 2 aromatic carbocycles. The summed E-state index contributed by atoms with van der Waals surface area (Å²) in [5.41, 5.74) is -4.71. The Morgan fingerprint density at radius 1 is 0.684 bits per heavy atom. The summed E-state index contributed by atoms with van der Waals surface area (Å²) in [6, 6.07) is 6.10. The quantitative estimate of drug-likeness (QED) is 0.0815. The fourth-order valence-electron chi connectivity index (χ4n) is 4.34. The van der Waals surface area contributed by atoms with Gasteiger partial charge in [0, 0.05) is 26.6 Å². The Kier molecular flexibility index (Phi) is 16.8. The van der Waals surface area contributed by atoms with Crippen molar-refractivity contribution in [3.63, 3.8) is 0 Å². The highest BCUT2D eigenvalue weighted by Crippen LogP contribution is 2.39. The van der Waals surface area contributed by atoms with Crippen LogP contribution in [0.4, 0.5) is 37.7 Å². The second-order valence-corrected chi connectivity index (χ2v) is 16.2. The highest BCUT2D eigenvalue weighted by molar-refractivity contribution is 7.93. The van der Waals surface area contributed by atoms with Gasteiger partial charge in [-0.25, -0.2) is 40.2 Å². The van der Waals surface area contributed by atoms with Crippen LogP contribution in [-0.4, -0.2) is 70.8 Å². The zero-order valence-electron chi connectivity index (χ0n) is 27.7. The van der Waals surface area contributed by atoms with Crippen molar-refractivity contribution in [3.8, 4) is 0 Å². The van der Waals surface area contributed by atoms with Gasteiger partial charge in [-0.15, -0.1) is 0 Å². The zero-order valence-corrected chi connectivity index (χ0v) is 33.1. The van der Waals surface area contributed by atoms with Crippen molar-refractivity contribution in [1.29, 1.82) is 0 Å². The minimum absolute atomic E-state index is 0. The normalized spacial score (nSPS) is 11.9. The van der Waals surface area contributed by atoms with Crippen LogP contribution in [0.5, 0.6) is 0 Å². The summed E-state index contributed by atoms with van der Waals surface area (Å²) in [6.45, 7) is -1.37. The molecule has 4 rings (SSSR count). The summed E-state index contributed by atoms with van der Waals surface area (Å²) in [7, 11) is -7.09. The summed E-state index contributed by atoms with van der Waals surface area (Å²) in [4.78, 5) is 28.7. The highest BCUT2D eigenvalue weighted by Gasteiger charge is 2.38. The number of methoxy groups -OCH3 is 2. The number of nitrogens with zero attached hydrogens (tertiary/aromatic N) is 4. The molecule has 2 aromatic heterocycles. The summed E-state index contributed by atoms with van der Waals surface area (Å²) in [5.74, 6) is -1.57. The summed E-state index contributed by atoms with van der Waals surface area (Å²) in [5, 5.41) is 6.66. The van der Waals surface area contributed by atoms with E-state index in [1.165, 1.54) is 0 Å². The topological polar surface area (TPSA) is 173 Å². The molecule has 0 fully saturated rings. The van der Waals surface area contributed by atoms with Crippen LogP contribution in [0, 0.1) is 0 Å². The van der Waals surface area contributed by atoms with Crippen LogP contribution >= 0.6 is 58.0 Å². The number of benzene rings is 2. The van der Waals surface area contributed by atoms with Crippen LogP contribution in [0.3, 0.4) is 0 Å². The molecule has 0 bridgehead atoms. The second kappa shape index (κ2) is 19.4. The molecular formula is C31H25Cl5F6N4O9S2. The second-order valence-electron chi connectivity index (χ2n) is 10.4. The Morgan fingerprint density at radius 3 is 1.35 bits per heavy atom. The first kappa shape index (κ1) is 49.5. The first-order valence-electron chi connectivity index (χ1n) is 14.3. The molecule has 4 aromatic rings. The number of carboxylic acids is 1. The van der Waals surface area contributed by atoms with Gasteiger partial charge in [-0.1, -0.05) is 53.8 Å². The standard InChI is InChI=1S/C15H10Cl3F3N2O4S.C15H11Cl2F3N2O5S.CH4/c1-27-7-23(12-4-8(16)6-22-13(12)14(18)24)28(25,26)9-2-3-11(17)10(5-9)15(19,20)21;1-27-7-22(12-4-8(16)6-21-13(12)14(23)24)28(25,26)9-2-3-11(17)10(5-9)15(18,19)20;/h2-6H,7H2,1H3;2-6H,7H2,1H3,(H,23,24);1H4. The van der Waals surface area contributed by atoms with Gasteiger partial charge in [-0.2, -0.15) is 26.3 Å². The molecule has 57 heavy (non-hydrogen) atoms. The molecule has 0 saturated carbocycles. The van der Waals surface area contributed by atoms with E-state index in [-0.39, 0.29) is 23.2 Å². The molecular weight excluding hydrogens is 928 g/mol. The van der Waals surface area contributed by atoms with Crippen LogP contribution in [0.1, 0.15) is 39.5 Å². The Labute approximate surface area is 345 Å². The molecule has 0 aliphatic rings. The van der Waals surface area contributed by atoms with E-state index in [9.17, 15) is 57.9 Å². The number of ether oxygens (including phenoxy) is 2. The average molecular weight is 953 g/mol. The number of carbonyl (C=O) groups excluding carboxylic acids is 1. The molecule has 0 atom stereocenters. The molecule has 0 aliphatic carbocycles. The largest absolute Gasteiger partial charge is 0.476 e. The Bertz CT molecular complexity index is 2200. The molecule has 0 amide bonds. The lowest BCUT2D eigenvalue weighted by molar-refractivity contribution is -0.138. The predicted molar refractivity (Wildman–Crippen MR) is 198 cm³/mol. The van der Waals surface area contributed by atoms with Gasteiger partial charge >= 0.3 is 18.3 Å². The number of hydrogen-bond acceptors (Lipinski definition) is 10. The van der Waals surface area contributed by atoms with Gasteiger partial charge in [0.25, 0.3) is 25.3 Å². The van der Waals surface area contributed by atoms with Gasteiger partial charge in [0.15, 0.2) is 5.69 Å². The van der Waals surface area contributed by atoms with Crippen LogP contribution in [-0.2, 0) is 41.9 Å². The molecule has 13 nitrogen and oxygen atoms in total. The summed E-state index contributed by atoms with van der Waals surface area (Å²) < 4.78 is 141. The number of aromatic carboxylic acids is 1. The maximum absolute atomic E-state index is 13.1. The number of alkyl halides is 6. The monoisotopic (exact) mass is 950 g/mol. The number of rotatable bonds is 12. The lowest BCUT2D eigenvalue weighted by Gasteiger charge is -2.25. The SMILES string of the molecule is C.COCN(c1cc(Cl)cnc1C(=O)Cl)S(=O)(=O)c1ccc(Cl)c(C(F)(F)F)c1.COCN(c1cc(Cl)cnc1C(=O)O)S(=O)(=O)c1ccc(Cl)c(C(F)(F)F)c1. The van der Waals surface area contributed by atoms with Gasteiger partial charge in [-0.05, 0) is 60.1 Å². The van der Waals surface area contributed by atoms with Gasteiger partial charge in [0.2, 0.25) is 0 Å². The fourth-order valence-corrected chi connectivity index (χ4v) is 8.05. The van der Waals surface area contributed by atoms with E-state index in [1.807, 2.05) is 0 Å². The van der Waals surface area contributed by atoms with E-state index in [4.69, 9.17) is 67.5 Å². The third-order valence-electron chi connectivity index (χ3n) is 6.75. The van der Waals surface area contributed by atoms with E-state index < -0.39 is 105 Å². The minimum atomic E-state index is -4.90. The van der Waals surface area contributed by atoms with E-state index in [0.29, 0.717) is 20.7 Å². The average Bonchev–Trinajstić information content (AvgIpc) is 3.08. The molecule has 312 valence electrons. The number of hydrogen-bond donors (Lipinski definition) is 1. The van der Waals surface area contributed by atoms with Gasteiger partial charge in [0.05, 0.1) is 52.4 Å². The maximum Gasteiger partial charge on any atom is 0.417 e. The first-order valence-corrected chi connectivity index (χ1v) is 19.1. The van der Waals surface area contributed by atoms with Gasteiger partial charge < -0.3 is 14.6 Å². The first-order chi connectivity index (χ1) is 25.8. The van der Waals surface area contributed by atoms with Gasteiger partial charge in [0.1, 0.15) is 19.2 Å². The number of carboxylic acid groups (broad SMARTS) is 1. The maximum atomic E-state index is 13.1. The molecule has 0 radical (unpaired) electrons. The van der Waals surface area contributed by atoms with Crippen molar-refractivity contribution in [2.75, 3.05) is 36.3 Å². The lowest BCUT2D eigenvalue weighted by atomic mass is 10.2. The van der Waals surface area contributed by atoms with Crippen molar-refractivity contribution in [2.45, 2.75) is 29.6 Å². The third kappa shape index (κ3) is 11.7. The Morgan fingerprint density at radius 2 is 1.04 bits per heavy atom. The summed E-state index contributed by atoms with van der Waals surface area (Å²) >= 11 is 28.1. The van der Waals surface area contributed by atoms with Crippen LogP contribution in [0.25, 0.3) is 0 Å². The number of sulfonamides is 2. The Hall–Kier alpha value is -3.67. The summed E-state index contributed by atoms with van der Waals surface area (Å²) in [6.07, 6.45) is -7.75. The van der Waals surface area contributed by atoms with Crippen molar-refractivity contribution in [2.24, 2.45) is 0 Å². The molecule has 0 unspecified atom stereocenters. The van der Waals surface area contributed by atoms with Crippen molar-refractivity contribution in [3.05, 3.63) is 104 Å². The van der Waals surface area contributed by atoms with E-state index in [1.54, 1.807) is 0 Å². The number of pyridine rings is 2. The van der Waals surface area contributed by atoms with Crippen LogP contribution < -0.4 is 8.61 Å². The van der Waals surface area contributed by atoms with E-state index in [2.05, 4.69) is 9.97 Å². The molecule has 0 aliphatic heterocycles. The lowest BCUT2D eigenvalue weighted by Crippen LogP contribution is -2.34. The van der Waals surface area contributed by atoms with Crippen molar-refractivity contribution in [1.82, 2.24) is 9.97 Å². The molecule has 1 N–H and O–H groups in total. The molecule has 2 heterocycles. The zero-order chi connectivity index (χ0) is 42.6. The predicted octanol–water partition coefficient (Wildman–Crippen LogP) is 9.13. The molecule has 0 spiro atoms.